The van der Waals surface area contributed by atoms with E-state index in [9.17, 15) is 0 Å². The number of hydrogen-bond donors (Lipinski definition) is 0. The molecule has 0 aliphatic carbocycles. The molecular weight excluding hydrogens is 204 g/mol. The van der Waals surface area contributed by atoms with Crippen molar-refractivity contribution in [3.8, 4) is 0 Å². The van der Waals surface area contributed by atoms with Crippen LogP contribution in [0.4, 0.5) is 0 Å². The van der Waals surface area contributed by atoms with Gasteiger partial charge in [0.05, 0.1) is 0 Å². The molecule has 0 rings (SSSR count). The number of rotatable bonds is 10. The lowest BCUT2D eigenvalue weighted by molar-refractivity contribution is 0.320. The molecule has 0 atom stereocenters. The highest BCUT2D eigenvalue weighted by molar-refractivity contribution is 7.99. The minimum Gasteiger partial charge on any atom is -0.303 e. The Morgan fingerprint density at radius 3 is 1.27 bits per heavy atom. The molecule has 0 aliphatic rings. The van der Waals surface area contributed by atoms with Crippen molar-refractivity contribution >= 4 is 11.8 Å². The average Bonchev–Trinajstić information content (AvgIpc) is 2.29. The van der Waals surface area contributed by atoms with Crippen molar-refractivity contribution in [2.24, 2.45) is 0 Å². The zero-order valence-corrected chi connectivity index (χ0v) is 11.8. The van der Waals surface area contributed by atoms with E-state index >= 15 is 0 Å². The molecule has 0 saturated carbocycles. The molecule has 3 heteroatoms. The molecule has 92 valence electrons. The lowest BCUT2D eigenvalue weighted by Gasteiger charge is -2.19. The van der Waals surface area contributed by atoms with E-state index in [0.29, 0.717) is 0 Å². The van der Waals surface area contributed by atoms with Crippen molar-refractivity contribution in [1.82, 2.24) is 9.80 Å². The highest BCUT2D eigenvalue weighted by Crippen LogP contribution is 2.02. The summed E-state index contributed by atoms with van der Waals surface area (Å²) in [5, 5.41) is 0. The predicted octanol–water partition coefficient (Wildman–Crippen LogP) is 2.40. The second kappa shape index (κ2) is 10.8. The summed E-state index contributed by atoms with van der Waals surface area (Å²) in [5.41, 5.74) is 0. The zero-order valence-electron chi connectivity index (χ0n) is 11.0. The number of nitrogens with zero attached hydrogens (tertiary/aromatic N) is 2. The molecule has 0 aliphatic heterocycles. The summed E-state index contributed by atoms with van der Waals surface area (Å²) in [6.45, 7) is 16.2. The molecule has 0 aromatic rings. The largest absolute Gasteiger partial charge is 0.303 e. The molecule has 0 N–H and O–H groups in total. The second-order valence-corrected chi connectivity index (χ2v) is 4.89. The predicted molar refractivity (Wildman–Crippen MR) is 72.9 cm³/mol. The van der Waals surface area contributed by atoms with Crippen LogP contribution in [0, 0.1) is 0 Å². The van der Waals surface area contributed by atoms with Crippen LogP contribution < -0.4 is 0 Å². The summed E-state index contributed by atoms with van der Waals surface area (Å²) in [7, 11) is 0. The highest BCUT2D eigenvalue weighted by atomic mass is 32.2. The summed E-state index contributed by atoms with van der Waals surface area (Å²) in [6, 6.07) is 0. The van der Waals surface area contributed by atoms with E-state index in [4.69, 9.17) is 0 Å². The zero-order chi connectivity index (χ0) is 11.5. The molecule has 0 unspecified atom stereocenters. The van der Waals surface area contributed by atoms with Gasteiger partial charge in [-0.1, -0.05) is 27.7 Å². The Balaban J connectivity index is 3.30. The molecule has 2 nitrogen and oxygen atoms in total. The minimum absolute atomic E-state index is 1.19. The fraction of sp³-hybridized carbons (Fsp3) is 1.00. The van der Waals surface area contributed by atoms with Crippen LogP contribution in [0.1, 0.15) is 27.7 Å². The van der Waals surface area contributed by atoms with Crippen LogP contribution in [0.2, 0.25) is 0 Å². The first-order valence-electron chi connectivity index (χ1n) is 6.30. The Kier molecular flexibility index (Phi) is 11.0. The maximum absolute atomic E-state index is 2.49. The summed E-state index contributed by atoms with van der Waals surface area (Å²) in [6.07, 6.45) is 0. The molecule has 0 aromatic carbocycles. The minimum atomic E-state index is 1.19. The maximum Gasteiger partial charge on any atom is 0.00721 e. The normalized spacial score (nSPS) is 11.6. The molecule has 0 heterocycles. The van der Waals surface area contributed by atoms with E-state index in [0.717, 1.165) is 0 Å². The quantitative estimate of drug-likeness (QED) is 0.534. The van der Waals surface area contributed by atoms with Gasteiger partial charge in [-0.25, -0.2) is 0 Å². The molecule has 0 amide bonds. The smallest absolute Gasteiger partial charge is 0.00721 e. The fourth-order valence-corrected chi connectivity index (χ4v) is 2.55. The first-order valence-corrected chi connectivity index (χ1v) is 7.46. The first kappa shape index (κ1) is 15.3. The third-order valence-corrected chi connectivity index (χ3v) is 3.84. The summed E-state index contributed by atoms with van der Waals surface area (Å²) in [5.74, 6) is 2.56. The lowest BCUT2D eigenvalue weighted by atomic mass is 10.5. The van der Waals surface area contributed by atoms with E-state index in [1.165, 1.54) is 50.8 Å². The van der Waals surface area contributed by atoms with E-state index in [2.05, 4.69) is 49.3 Å². The van der Waals surface area contributed by atoms with Gasteiger partial charge >= 0.3 is 0 Å². The Morgan fingerprint density at radius 2 is 1.00 bits per heavy atom. The topological polar surface area (TPSA) is 6.48 Å². The van der Waals surface area contributed by atoms with E-state index in [-0.39, 0.29) is 0 Å². The second-order valence-electron chi connectivity index (χ2n) is 3.67. The van der Waals surface area contributed by atoms with Gasteiger partial charge in [0.25, 0.3) is 0 Å². The SMILES string of the molecule is CCN(CC)CCSCCN(CC)CC. The van der Waals surface area contributed by atoms with Crippen molar-refractivity contribution < 1.29 is 0 Å². The van der Waals surface area contributed by atoms with Gasteiger partial charge in [-0.15, -0.1) is 0 Å². The van der Waals surface area contributed by atoms with Crippen LogP contribution >= 0.6 is 11.8 Å². The van der Waals surface area contributed by atoms with Crippen molar-refractivity contribution in [3.63, 3.8) is 0 Å². The van der Waals surface area contributed by atoms with Crippen LogP contribution in [0.15, 0.2) is 0 Å². The average molecular weight is 232 g/mol. The fourth-order valence-electron chi connectivity index (χ4n) is 1.57. The van der Waals surface area contributed by atoms with Gasteiger partial charge in [-0.2, -0.15) is 11.8 Å². The van der Waals surface area contributed by atoms with Crippen LogP contribution in [-0.2, 0) is 0 Å². The van der Waals surface area contributed by atoms with Crippen molar-refractivity contribution in [2.45, 2.75) is 27.7 Å². The van der Waals surface area contributed by atoms with Crippen LogP contribution in [0.25, 0.3) is 0 Å². The Hall–Kier alpha value is 0.270. The Bertz CT molecular complexity index is 109. The first-order chi connectivity index (χ1) is 7.28. The van der Waals surface area contributed by atoms with Gasteiger partial charge in [0.2, 0.25) is 0 Å². The molecule has 0 aromatic heterocycles. The summed E-state index contributed by atoms with van der Waals surface area (Å²) >= 11 is 2.09. The lowest BCUT2D eigenvalue weighted by Crippen LogP contribution is -2.27. The van der Waals surface area contributed by atoms with Gasteiger partial charge in [0, 0.05) is 24.6 Å². The van der Waals surface area contributed by atoms with E-state index in [1.54, 1.807) is 0 Å². The van der Waals surface area contributed by atoms with E-state index < -0.39 is 0 Å². The molecule has 15 heavy (non-hydrogen) atoms. The summed E-state index contributed by atoms with van der Waals surface area (Å²) in [4.78, 5) is 4.98. The third-order valence-electron chi connectivity index (χ3n) is 2.89. The van der Waals surface area contributed by atoms with Gasteiger partial charge in [-0.3, -0.25) is 0 Å². The van der Waals surface area contributed by atoms with Gasteiger partial charge < -0.3 is 9.80 Å². The van der Waals surface area contributed by atoms with Crippen molar-refractivity contribution in [2.75, 3.05) is 50.8 Å². The Labute approximate surface area is 100 Å². The molecule has 0 spiro atoms. The number of hydrogen-bond acceptors (Lipinski definition) is 3. The third kappa shape index (κ3) is 8.12. The standard InChI is InChI=1S/C12H28N2S/c1-5-13(6-2)9-11-15-12-10-14(7-3)8-4/h5-12H2,1-4H3. The van der Waals surface area contributed by atoms with Crippen LogP contribution in [-0.4, -0.2) is 60.6 Å². The summed E-state index contributed by atoms with van der Waals surface area (Å²) < 4.78 is 0. The molecular formula is C12H28N2S. The van der Waals surface area contributed by atoms with Crippen LogP contribution in [0.3, 0.4) is 0 Å². The van der Waals surface area contributed by atoms with Crippen molar-refractivity contribution in [3.05, 3.63) is 0 Å². The molecule has 0 fully saturated rings. The van der Waals surface area contributed by atoms with Gasteiger partial charge in [0.1, 0.15) is 0 Å². The monoisotopic (exact) mass is 232 g/mol. The van der Waals surface area contributed by atoms with Gasteiger partial charge in [-0.05, 0) is 26.2 Å². The maximum atomic E-state index is 2.49. The van der Waals surface area contributed by atoms with Crippen molar-refractivity contribution in [1.29, 1.82) is 0 Å². The van der Waals surface area contributed by atoms with E-state index in [1.807, 2.05) is 0 Å². The highest BCUT2D eigenvalue weighted by Gasteiger charge is 2.00. The number of thioether (sulfide) groups is 1. The molecule has 0 bridgehead atoms. The van der Waals surface area contributed by atoms with Gasteiger partial charge in [0.15, 0.2) is 0 Å². The van der Waals surface area contributed by atoms with Crippen LogP contribution in [0.5, 0.6) is 0 Å². The molecule has 0 saturated heterocycles. The Morgan fingerprint density at radius 1 is 0.667 bits per heavy atom. The molecule has 0 radical (unpaired) electrons.